The minimum Gasteiger partial charge on any atom is -0.367 e. The molecule has 3 aromatic heterocycles. The molecule has 0 aromatic carbocycles. The Bertz CT molecular complexity index is 1210. The first-order valence-electron chi connectivity index (χ1n) is 9.13. The van der Waals surface area contributed by atoms with Gasteiger partial charge in [0.25, 0.3) is 11.8 Å². The highest BCUT2D eigenvalue weighted by atomic mass is 16.2. The maximum absolute atomic E-state index is 12.5. The van der Waals surface area contributed by atoms with Crippen LogP contribution in [-0.4, -0.2) is 48.5 Å². The number of carbonyl (C=O) groups excluding carboxylic acids is 3. The first-order valence-corrected chi connectivity index (χ1v) is 9.13. The molecule has 0 spiro atoms. The third kappa shape index (κ3) is 3.41. The van der Waals surface area contributed by atoms with Gasteiger partial charge in [-0.05, 0) is 18.9 Å². The minimum atomic E-state index is -0.594. The molecule has 4 heterocycles. The summed E-state index contributed by atoms with van der Waals surface area (Å²) in [5.74, 6) is -0.0789. The number of aromatic nitrogens is 5. The number of nitrogens with one attached hydrogen (secondary N) is 4. The van der Waals surface area contributed by atoms with Crippen LogP contribution in [0.3, 0.4) is 0 Å². The predicted octanol–water partition coefficient (Wildman–Crippen LogP) is 0.526. The summed E-state index contributed by atoms with van der Waals surface area (Å²) in [6.45, 7) is 0. The minimum absolute atomic E-state index is 0.0856. The van der Waals surface area contributed by atoms with Crippen molar-refractivity contribution >= 4 is 41.2 Å². The zero-order chi connectivity index (χ0) is 20.7. The molecule has 4 amide bonds. The Balaban J connectivity index is 1.54. The number of hydrogen-bond acceptors (Lipinski definition) is 8. The van der Waals surface area contributed by atoms with E-state index >= 15 is 0 Å². The van der Waals surface area contributed by atoms with Crippen LogP contribution in [0.1, 0.15) is 28.9 Å². The van der Waals surface area contributed by atoms with Crippen molar-refractivity contribution in [2.45, 2.75) is 18.9 Å². The van der Waals surface area contributed by atoms with E-state index in [0.717, 1.165) is 12.8 Å². The van der Waals surface area contributed by atoms with Gasteiger partial charge in [0.15, 0.2) is 5.65 Å². The smallest absolute Gasteiger partial charge is 0.326 e. The number of fused-ring (bicyclic) bond motifs is 1. The second-order valence-corrected chi connectivity index (χ2v) is 6.79. The lowest BCUT2D eigenvalue weighted by Crippen LogP contribution is -2.22. The molecule has 12 heteroatoms. The Labute approximate surface area is 168 Å². The van der Waals surface area contributed by atoms with Crippen molar-refractivity contribution in [3.8, 4) is 0 Å². The number of carbonyl (C=O) groups is 3. The molecule has 1 aliphatic heterocycles. The van der Waals surface area contributed by atoms with E-state index in [1.165, 1.54) is 30.9 Å². The van der Waals surface area contributed by atoms with E-state index in [2.05, 4.69) is 41.3 Å². The number of hydrogen-bond donors (Lipinski definition) is 4. The number of nitrogens with zero attached hydrogens (tertiary/aromatic N) is 5. The average Bonchev–Trinajstić information content (AvgIpc) is 3.37. The monoisotopic (exact) mass is 405 g/mol. The molecule has 30 heavy (non-hydrogen) atoms. The molecule has 0 bridgehead atoms. The summed E-state index contributed by atoms with van der Waals surface area (Å²) in [4.78, 5) is 48.0. The van der Waals surface area contributed by atoms with Gasteiger partial charge < -0.3 is 16.0 Å². The van der Waals surface area contributed by atoms with Crippen LogP contribution in [0.5, 0.6) is 0 Å². The maximum Gasteiger partial charge on any atom is 0.326 e. The van der Waals surface area contributed by atoms with Gasteiger partial charge in [-0.15, -0.1) is 0 Å². The molecule has 1 aliphatic carbocycles. The molecule has 12 nitrogen and oxygen atoms in total. The summed E-state index contributed by atoms with van der Waals surface area (Å²) in [5, 5.41) is 15.0. The van der Waals surface area contributed by atoms with Gasteiger partial charge in [0.05, 0.1) is 12.4 Å². The van der Waals surface area contributed by atoms with Crippen molar-refractivity contribution in [3.05, 3.63) is 47.8 Å². The Morgan fingerprint density at radius 1 is 1.20 bits per heavy atom. The molecular weight excluding hydrogens is 390 g/mol. The van der Waals surface area contributed by atoms with Gasteiger partial charge in [-0.25, -0.2) is 14.8 Å². The predicted molar refractivity (Wildman–Crippen MR) is 104 cm³/mol. The van der Waals surface area contributed by atoms with Gasteiger partial charge in [-0.2, -0.15) is 9.61 Å². The molecular formula is C18H15N9O3. The Hall–Kier alpha value is -4.35. The second kappa shape index (κ2) is 6.92. The molecule has 4 N–H and O–H groups in total. The van der Waals surface area contributed by atoms with Crippen LogP contribution in [0.25, 0.3) is 11.7 Å². The summed E-state index contributed by atoms with van der Waals surface area (Å²) in [6.07, 6.45) is 9.33. The van der Waals surface area contributed by atoms with E-state index in [0.29, 0.717) is 23.1 Å². The van der Waals surface area contributed by atoms with Gasteiger partial charge in [0.2, 0.25) is 0 Å². The van der Waals surface area contributed by atoms with E-state index in [9.17, 15) is 14.4 Å². The van der Waals surface area contributed by atoms with Gasteiger partial charge in [-0.3, -0.25) is 19.9 Å². The van der Waals surface area contributed by atoms with Gasteiger partial charge in [0, 0.05) is 30.1 Å². The highest BCUT2D eigenvalue weighted by molar-refractivity contribution is 6.14. The van der Waals surface area contributed by atoms with Crippen LogP contribution in [0, 0.1) is 0 Å². The quantitative estimate of drug-likeness (QED) is 0.354. The van der Waals surface area contributed by atoms with Crippen LogP contribution in [0.2, 0.25) is 0 Å². The zero-order valence-electron chi connectivity index (χ0n) is 15.4. The fraction of sp³-hybridized carbons (Fsp3) is 0.167. The van der Waals surface area contributed by atoms with E-state index in [4.69, 9.17) is 0 Å². The average molecular weight is 405 g/mol. The Morgan fingerprint density at radius 3 is 2.77 bits per heavy atom. The summed E-state index contributed by atoms with van der Waals surface area (Å²) in [7, 11) is 0. The molecule has 2 fully saturated rings. The molecule has 0 unspecified atom stereocenters. The summed E-state index contributed by atoms with van der Waals surface area (Å²) in [5.41, 5.74) is 1.13. The second-order valence-electron chi connectivity index (χ2n) is 6.79. The van der Waals surface area contributed by atoms with Crippen molar-refractivity contribution in [1.29, 1.82) is 0 Å². The normalized spacial score (nSPS) is 17.1. The van der Waals surface area contributed by atoms with E-state index in [-0.39, 0.29) is 17.2 Å². The topological polar surface area (TPSA) is 155 Å². The summed E-state index contributed by atoms with van der Waals surface area (Å²) < 4.78 is 1.58. The van der Waals surface area contributed by atoms with Crippen molar-refractivity contribution in [2.24, 2.45) is 0 Å². The number of rotatable bonds is 5. The number of urea groups is 1. The van der Waals surface area contributed by atoms with Crippen molar-refractivity contribution in [2.75, 3.05) is 10.6 Å². The first kappa shape index (κ1) is 17.7. The number of anilines is 2. The van der Waals surface area contributed by atoms with E-state index in [1.807, 2.05) is 0 Å². The largest absolute Gasteiger partial charge is 0.367 e. The molecule has 1 saturated heterocycles. The highest BCUT2D eigenvalue weighted by Crippen LogP contribution is 2.27. The lowest BCUT2D eigenvalue weighted by atomic mass is 10.2. The van der Waals surface area contributed by atoms with E-state index < -0.39 is 17.8 Å². The zero-order valence-corrected chi connectivity index (χ0v) is 15.4. The van der Waals surface area contributed by atoms with Crippen LogP contribution < -0.4 is 21.3 Å². The molecule has 3 aromatic rings. The van der Waals surface area contributed by atoms with Gasteiger partial charge in [-0.1, -0.05) is 0 Å². The standard InChI is InChI=1S/C18H15N9O3/c28-16-11(23-18(30)26-16)5-9-7-21-27-14(22-10-1-2-10)6-13(24-15(9)27)25-17(29)12-8-19-3-4-20-12/h3-8,10,22H,1-2H2,(H,24,25,29)(H2,23,26,28,30)/b11-5-. The summed E-state index contributed by atoms with van der Waals surface area (Å²) >= 11 is 0. The van der Waals surface area contributed by atoms with Crippen LogP contribution in [-0.2, 0) is 4.79 Å². The Morgan fingerprint density at radius 2 is 2.07 bits per heavy atom. The molecule has 1 saturated carbocycles. The Kier molecular flexibility index (Phi) is 4.09. The maximum atomic E-state index is 12.5. The molecule has 2 aliphatic rings. The van der Waals surface area contributed by atoms with Gasteiger partial charge in [0.1, 0.15) is 23.0 Å². The highest BCUT2D eigenvalue weighted by Gasteiger charge is 2.25. The fourth-order valence-corrected chi connectivity index (χ4v) is 2.92. The van der Waals surface area contributed by atoms with Crippen LogP contribution in [0.4, 0.5) is 16.4 Å². The number of amides is 4. The fourth-order valence-electron chi connectivity index (χ4n) is 2.92. The number of imide groups is 1. The lowest BCUT2D eigenvalue weighted by Gasteiger charge is -2.10. The summed E-state index contributed by atoms with van der Waals surface area (Å²) in [6, 6.07) is 1.40. The van der Waals surface area contributed by atoms with Gasteiger partial charge >= 0.3 is 6.03 Å². The van der Waals surface area contributed by atoms with Crippen molar-refractivity contribution in [3.63, 3.8) is 0 Å². The molecule has 0 atom stereocenters. The first-order chi connectivity index (χ1) is 14.6. The molecule has 5 rings (SSSR count). The molecule has 0 radical (unpaired) electrons. The molecule has 150 valence electrons. The van der Waals surface area contributed by atoms with Crippen molar-refractivity contribution in [1.82, 2.24) is 35.2 Å². The van der Waals surface area contributed by atoms with E-state index in [1.54, 1.807) is 10.6 Å². The van der Waals surface area contributed by atoms with Crippen LogP contribution in [0.15, 0.2) is 36.6 Å². The SMILES string of the molecule is O=C1NC(=O)/C(=C/c2cnn3c(NC4CC4)cc(NC(=O)c4cnccn4)nc23)N1. The van der Waals surface area contributed by atoms with Crippen LogP contribution >= 0.6 is 0 Å². The lowest BCUT2D eigenvalue weighted by molar-refractivity contribution is -0.115. The third-order valence-electron chi connectivity index (χ3n) is 4.49. The third-order valence-corrected chi connectivity index (χ3v) is 4.49. The van der Waals surface area contributed by atoms with Crippen molar-refractivity contribution < 1.29 is 14.4 Å².